The molecule has 0 atom stereocenters. The zero-order valence-corrected chi connectivity index (χ0v) is 15.8. The third kappa shape index (κ3) is 3.73. The number of carbonyl (C=O) groups is 3. The van der Waals surface area contributed by atoms with Gasteiger partial charge in [-0.1, -0.05) is 6.07 Å². The maximum atomic E-state index is 12.9. The van der Waals surface area contributed by atoms with Gasteiger partial charge in [0, 0.05) is 0 Å². The SMILES string of the molecule is CCOc1ccc(N2C(=O)NC(=O)/C(=C\c3ccc(OC)cc3C)C2=O)cc1. The van der Waals surface area contributed by atoms with Crippen LogP contribution in [0, 0.1) is 6.92 Å². The van der Waals surface area contributed by atoms with Crippen molar-refractivity contribution in [2.45, 2.75) is 13.8 Å². The molecule has 7 heteroatoms. The number of hydrogen-bond acceptors (Lipinski definition) is 5. The van der Waals surface area contributed by atoms with Gasteiger partial charge < -0.3 is 9.47 Å². The van der Waals surface area contributed by atoms with Crippen molar-refractivity contribution < 1.29 is 23.9 Å². The number of barbiturate groups is 1. The lowest BCUT2D eigenvalue weighted by molar-refractivity contribution is -0.122. The van der Waals surface area contributed by atoms with Crippen LogP contribution in [0.25, 0.3) is 6.08 Å². The van der Waals surface area contributed by atoms with E-state index in [0.29, 0.717) is 29.4 Å². The molecule has 1 aliphatic rings. The fourth-order valence-electron chi connectivity index (χ4n) is 2.84. The number of anilines is 1. The molecule has 1 fully saturated rings. The predicted molar refractivity (Wildman–Crippen MR) is 104 cm³/mol. The zero-order valence-electron chi connectivity index (χ0n) is 15.8. The van der Waals surface area contributed by atoms with Crippen molar-refractivity contribution in [3.63, 3.8) is 0 Å². The van der Waals surface area contributed by atoms with Crippen molar-refractivity contribution in [2.75, 3.05) is 18.6 Å². The molecule has 0 radical (unpaired) electrons. The summed E-state index contributed by atoms with van der Waals surface area (Å²) in [6.45, 7) is 4.21. The van der Waals surface area contributed by atoms with Gasteiger partial charge >= 0.3 is 6.03 Å². The van der Waals surface area contributed by atoms with Crippen molar-refractivity contribution in [1.29, 1.82) is 0 Å². The molecule has 1 heterocycles. The van der Waals surface area contributed by atoms with Crippen LogP contribution in [-0.4, -0.2) is 31.6 Å². The van der Waals surface area contributed by atoms with E-state index in [4.69, 9.17) is 9.47 Å². The molecular weight excluding hydrogens is 360 g/mol. The summed E-state index contributed by atoms with van der Waals surface area (Å²) in [7, 11) is 1.56. The van der Waals surface area contributed by atoms with Crippen molar-refractivity contribution in [3.8, 4) is 11.5 Å². The highest BCUT2D eigenvalue weighted by Crippen LogP contribution is 2.25. The molecule has 4 amide bonds. The first kappa shape index (κ1) is 19.2. The van der Waals surface area contributed by atoms with Crippen LogP contribution in [0.2, 0.25) is 0 Å². The van der Waals surface area contributed by atoms with E-state index < -0.39 is 17.8 Å². The number of imide groups is 2. The summed E-state index contributed by atoms with van der Waals surface area (Å²) in [4.78, 5) is 38.4. The number of benzene rings is 2. The number of urea groups is 1. The minimum atomic E-state index is -0.789. The van der Waals surface area contributed by atoms with Crippen LogP contribution in [0.15, 0.2) is 48.0 Å². The Hall–Kier alpha value is -3.61. The summed E-state index contributed by atoms with van der Waals surface area (Å²) in [5.41, 5.74) is 1.73. The monoisotopic (exact) mass is 380 g/mol. The summed E-state index contributed by atoms with van der Waals surface area (Å²) in [5.74, 6) is -0.123. The number of hydrogen-bond donors (Lipinski definition) is 1. The van der Waals surface area contributed by atoms with E-state index in [1.54, 1.807) is 49.6 Å². The Morgan fingerprint density at radius 3 is 2.32 bits per heavy atom. The highest BCUT2D eigenvalue weighted by Gasteiger charge is 2.36. The maximum absolute atomic E-state index is 12.9. The van der Waals surface area contributed by atoms with Crippen LogP contribution in [0.3, 0.4) is 0 Å². The van der Waals surface area contributed by atoms with Gasteiger partial charge in [0.15, 0.2) is 0 Å². The third-order valence-electron chi connectivity index (χ3n) is 4.28. The Balaban J connectivity index is 1.96. The predicted octanol–water partition coefficient (Wildman–Crippen LogP) is 3.07. The maximum Gasteiger partial charge on any atom is 0.335 e. The van der Waals surface area contributed by atoms with E-state index in [2.05, 4.69) is 5.32 Å². The molecule has 3 rings (SSSR count). The van der Waals surface area contributed by atoms with Crippen molar-refractivity contribution in [2.24, 2.45) is 0 Å². The number of aryl methyl sites for hydroxylation is 1. The van der Waals surface area contributed by atoms with Crippen LogP contribution in [0.4, 0.5) is 10.5 Å². The van der Waals surface area contributed by atoms with E-state index in [1.807, 2.05) is 13.8 Å². The second-order valence-electron chi connectivity index (χ2n) is 6.11. The van der Waals surface area contributed by atoms with E-state index >= 15 is 0 Å². The van der Waals surface area contributed by atoms with Gasteiger partial charge in [-0.3, -0.25) is 14.9 Å². The van der Waals surface area contributed by atoms with Gasteiger partial charge in [-0.05, 0) is 67.4 Å². The lowest BCUT2D eigenvalue weighted by atomic mass is 10.0. The number of carbonyl (C=O) groups excluding carboxylic acids is 3. The van der Waals surface area contributed by atoms with Crippen LogP contribution >= 0.6 is 0 Å². The molecule has 0 spiro atoms. The number of nitrogens with zero attached hydrogens (tertiary/aromatic N) is 1. The zero-order chi connectivity index (χ0) is 20.3. The highest BCUT2D eigenvalue weighted by atomic mass is 16.5. The molecule has 0 saturated carbocycles. The quantitative estimate of drug-likeness (QED) is 0.637. The lowest BCUT2D eigenvalue weighted by Gasteiger charge is -2.26. The van der Waals surface area contributed by atoms with Crippen molar-refractivity contribution in [1.82, 2.24) is 5.32 Å². The highest BCUT2D eigenvalue weighted by molar-refractivity contribution is 6.39. The summed E-state index contributed by atoms with van der Waals surface area (Å²) in [6, 6.07) is 11.0. The molecule has 2 aromatic carbocycles. The smallest absolute Gasteiger partial charge is 0.335 e. The Kier molecular flexibility index (Phi) is 5.44. The molecule has 0 unspecified atom stereocenters. The molecule has 7 nitrogen and oxygen atoms in total. The molecule has 0 bridgehead atoms. The van der Waals surface area contributed by atoms with E-state index in [-0.39, 0.29) is 5.57 Å². The lowest BCUT2D eigenvalue weighted by Crippen LogP contribution is -2.54. The van der Waals surface area contributed by atoms with Crippen LogP contribution in [0.5, 0.6) is 11.5 Å². The first-order chi connectivity index (χ1) is 13.4. The summed E-state index contributed by atoms with van der Waals surface area (Å²) in [5, 5.41) is 2.21. The normalized spacial score (nSPS) is 15.6. The molecular formula is C21H20N2O5. The summed E-state index contributed by atoms with van der Waals surface area (Å²) < 4.78 is 10.5. The number of ether oxygens (including phenoxy) is 2. The Labute approximate surface area is 162 Å². The van der Waals surface area contributed by atoms with Crippen molar-refractivity contribution >= 4 is 29.6 Å². The number of methoxy groups -OCH3 is 1. The average molecular weight is 380 g/mol. The summed E-state index contributed by atoms with van der Waals surface area (Å²) in [6.07, 6.45) is 1.47. The first-order valence-electron chi connectivity index (χ1n) is 8.73. The van der Waals surface area contributed by atoms with Crippen LogP contribution in [-0.2, 0) is 9.59 Å². The number of nitrogens with one attached hydrogen (secondary N) is 1. The fraction of sp³-hybridized carbons (Fsp3) is 0.190. The van der Waals surface area contributed by atoms with Gasteiger partial charge in [-0.25, -0.2) is 9.69 Å². The van der Waals surface area contributed by atoms with Crippen LogP contribution in [0.1, 0.15) is 18.1 Å². The third-order valence-corrected chi connectivity index (χ3v) is 4.28. The van der Waals surface area contributed by atoms with Gasteiger partial charge in [0.2, 0.25) is 0 Å². The van der Waals surface area contributed by atoms with Gasteiger partial charge in [0.25, 0.3) is 11.8 Å². The van der Waals surface area contributed by atoms with Gasteiger partial charge in [-0.15, -0.1) is 0 Å². The number of rotatable bonds is 5. The van der Waals surface area contributed by atoms with E-state index in [1.165, 1.54) is 6.08 Å². The number of amides is 4. The van der Waals surface area contributed by atoms with Crippen LogP contribution < -0.4 is 19.7 Å². The standard InChI is InChI=1S/C21H20N2O5/c1-4-28-16-9-6-15(7-10-16)23-20(25)18(19(24)22-21(23)26)12-14-5-8-17(27-3)11-13(14)2/h5-12H,4H2,1-3H3,(H,22,24,26)/b18-12+. The van der Waals surface area contributed by atoms with Gasteiger partial charge in [0.05, 0.1) is 19.4 Å². The van der Waals surface area contributed by atoms with E-state index in [9.17, 15) is 14.4 Å². The second-order valence-corrected chi connectivity index (χ2v) is 6.11. The molecule has 1 N–H and O–H groups in total. The van der Waals surface area contributed by atoms with Crippen molar-refractivity contribution in [3.05, 3.63) is 59.2 Å². The fourth-order valence-corrected chi connectivity index (χ4v) is 2.84. The molecule has 28 heavy (non-hydrogen) atoms. The molecule has 1 aliphatic heterocycles. The molecule has 1 saturated heterocycles. The minimum Gasteiger partial charge on any atom is -0.497 e. The Bertz CT molecular complexity index is 963. The minimum absolute atomic E-state index is 0.123. The largest absolute Gasteiger partial charge is 0.497 e. The molecule has 0 aliphatic carbocycles. The van der Waals surface area contributed by atoms with Gasteiger partial charge in [-0.2, -0.15) is 0 Å². The second kappa shape index (κ2) is 7.96. The Morgan fingerprint density at radius 1 is 1.04 bits per heavy atom. The van der Waals surface area contributed by atoms with Gasteiger partial charge in [0.1, 0.15) is 17.1 Å². The Morgan fingerprint density at radius 2 is 1.71 bits per heavy atom. The topological polar surface area (TPSA) is 84.9 Å². The molecule has 144 valence electrons. The van der Waals surface area contributed by atoms with E-state index in [0.717, 1.165) is 10.5 Å². The first-order valence-corrected chi connectivity index (χ1v) is 8.73. The average Bonchev–Trinajstić information content (AvgIpc) is 2.67. The molecule has 0 aromatic heterocycles. The molecule has 2 aromatic rings. The summed E-state index contributed by atoms with van der Waals surface area (Å²) >= 11 is 0.